The second-order valence-corrected chi connectivity index (χ2v) is 8.34. The van der Waals surface area contributed by atoms with E-state index in [1.807, 2.05) is 54.6 Å². The van der Waals surface area contributed by atoms with Crippen LogP contribution in [0.2, 0.25) is 0 Å². The molecule has 1 N–H and O–H groups in total. The average Bonchev–Trinajstić information content (AvgIpc) is 3.31. The Labute approximate surface area is 198 Å². The molecule has 172 valence electrons. The van der Waals surface area contributed by atoms with Gasteiger partial charge >= 0.3 is 0 Å². The van der Waals surface area contributed by atoms with Crippen molar-refractivity contribution in [1.82, 2.24) is 15.1 Å². The normalized spacial score (nSPS) is 10.8. The number of hydrogen-bond donors (Lipinski definition) is 1. The lowest BCUT2D eigenvalue weighted by atomic mass is 10.2. The molecular formula is C25H28N4O3S. The van der Waals surface area contributed by atoms with Crippen LogP contribution in [-0.4, -0.2) is 47.1 Å². The molecule has 0 fully saturated rings. The van der Waals surface area contributed by atoms with Crippen molar-refractivity contribution < 1.29 is 14.3 Å². The van der Waals surface area contributed by atoms with Crippen LogP contribution in [0.4, 0.5) is 5.13 Å². The van der Waals surface area contributed by atoms with Crippen LogP contribution in [-0.2, 0) is 9.59 Å². The van der Waals surface area contributed by atoms with Gasteiger partial charge in [-0.3, -0.25) is 9.59 Å². The molecule has 7 nitrogen and oxygen atoms in total. The fraction of sp³-hybridized carbons (Fsp3) is 0.280. The van der Waals surface area contributed by atoms with Crippen LogP contribution < -0.4 is 10.1 Å². The predicted octanol–water partition coefficient (Wildman–Crippen LogP) is 4.88. The molecule has 1 aromatic heterocycles. The zero-order valence-electron chi connectivity index (χ0n) is 18.9. The molecule has 3 aromatic rings. The first-order valence-corrected chi connectivity index (χ1v) is 11.7. The molecule has 3 rings (SSSR count). The van der Waals surface area contributed by atoms with Crippen molar-refractivity contribution >= 4 is 34.4 Å². The van der Waals surface area contributed by atoms with E-state index < -0.39 is 0 Å². The van der Waals surface area contributed by atoms with Crippen LogP contribution in [0.3, 0.4) is 0 Å². The molecule has 0 aliphatic rings. The van der Waals surface area contributed by atoms with Crippen LogP contribution in [0.15, 0.2) is 60.7 Å². The van der Waals surface area contributed by atoms with Gasteiger partial charge in [0, 0.05) is 31.1 Å². The third kappa shape index (κ3) is 7.54. The number of carbonyl (C=O) groups excluding carboxylic acids is 2. The first-order chi connectivity index (χ1) is 16.1. The molecule has 0 unspecified atom stereocenters. The highest BCUT2D eigenvalue weighted by Crippen LogP contribution is 2.27. The van der Waals surface area contributed by atoms with Gasteiger partial charge in [0.2, 0.25) is 16.9 Å². The van der Waals surface area contributed by atoms with Crippen molar-refractivity contribution in [3.63, 3.8) is 0 Å². The van der Waals surface area contributed by atoms with Crippen molar-refractivity contribution in [2.45, 2.75) is 26.2 Å². The Hall–Kier alpha value is -3.52. The van der Waals surface area contributed by atoms with E-state index in [-0.39, 0.29) is 18.2 Å². The molecule has 2 aromatic carbocycles. The van der Waals surface area contributed by atoms with Gasteiger partial charge in [0.15, 0.2) is 0 Å². The van der Waals surface area contributed by atoms with Gasteiger partial charge in [0.1, 0.15) is 10.8 Å². The minimum Gasteiger partial charge on any atom is -0.497 e. The van der Waals surface area contributed by atoms with E-state index in [0.29, 0.717) is 23.2 Å². The second kappa shape index (κ2) is 12.5. The molecule has 0 radical (unpaired) electrons. The number of carbonyl (C=O) groups is 2. The third-order valence-electron chi connectivity index (χ3n) is 4.93. The van der Waals surface area contributed by atoms with Crippen LogP contribution in [0.5, 0.6) is 5.75 Å². The summed E-state index contributed by atoms with van der Waals surface area (Å²) in [4.78, 5) is 26.9. The Morgan fingerprint density at radius 1 is 1.06 bits per heavy atom. The first-order valence-electron chi connectivity index (χ1n) is 10.9. The van der Waals surface area contributed by atoms with Gasteiger partial charge in [-0.1, -0.05) is 55.0 Å². The Morgan fingerprint density at radius 3 is 2.52 bits per heavy atom. The second-order valence-electron chi connectivity index (χ2n) is 7.36. The van der Waals surface area contributed by atoms with Gasteiger partial charge < -0.3 is 15.0 Å². The van der Waals surface area contributed by atoms with Gasteiger partial charge in [-0.05, 0) is 42.3 Å². The molecule has 0 aliphatic carbocycles. The van der Waals surface area contributed by atoms with Crippen molar-refractivity contribution in [2.24, 2.45) is 0 Å². The van der Waals surface area contributed by atoms with E-state index in [4.69, 9.17) is 4.74 Å². The zero-order chi connectivity index (χ0) is 23.5. The molecule has 0 aliphatic heterocycles. The Balaban J connectivity index is 1.54. The Morgan fingerprint density at radius 2 is 1.82 bits per heavy atom. The summed E-state index contributed by atoms with van der Waals surface area (Å²) in [6.45, 7) is 3.03. The number of methoxy groups -OCH3 is 1. The lowest BCUT2D eigenvalue weighted by Gasteiger charge is -2.20. The van der Waals surface area contributed by atoms with Crippen molar-refractivity contribution in [2.75, 3.05) is 25.5 Å². The predicted molar refractivity (Wildman–Crippen MR) is 132 cm³/mol. The molecule has 0 bridgehead atoms. The van der Waals surface area contributed by atoms with E-state index in [2.05, 4.69) is 22.4 Å². The summed E-state index contributed by atoms with van der Waals surface area (Å²) in [7, 11) is 1.62. The standard InChI is InChI=1S/C25H28N4O3S/c1-3-4-17-29(23(31)15-10-19-8-6-5-7-9-19)18-16-22(30)26-25-28-27-24(33-25)20-11-13-21(32-2)14-12-20/h5-15H,3-4,16-18H2,1-2H3,(H,26,28,30)/b15-10+. The quantitative estimate of drug-likeness (QED) is 0.409. The SMILES string of the molecule is CCCCN(CCC(=O)Nc1nnc(-c2ccc(OC)cc2)s1)C(=O)/C=C/c1ccccc1. The van der Waals surface area contributed by atoms with Gasteiger partial charge in [-0.25, -0.2) is 0 Å². The van der Waals surface area contributed by atoms with E-state index in [1.165, 1.54) is 11.3 Å². The number of hydrogen-bond acceptors (Lipinski definition) is 6. The van der Waals surface area contributed by atoms with Gasteiger partial charge in [0.25, 0.3) is 0 Å². The maximum absolute atomic E-state index is 12.7. The summed E-state index contributed by atoms with van der Waals surface area (Å²) in [6.07, 6.45) is 5.40. The van der Waals surface area contributed by atoms with E-state index >= 15 is 0 Å². The maximum atomic E-state index is 12.7. The smallest absolute Gasteiger partial charge is 0.246 e. The minimum atomic E-state index is -0.200. The molecule has 0 saturated carbocycles. The number of nitrogens with zero attached hydrogens (tertiary/aromatic N) is 3. The summed E-state index contributed by atoms with van der Waals surface area (Å²) in [5.41, 5.74) is 1.86. The monoisotopic (exact) mass is 464 g/mol. The number of benzene rings is 2. The molecular weight excluding hydrogens is 436 g/mol. The molecule has 0 atom stereocenters. The fourth-order valence-electron chi connectivity index (χ4n) is 3.06. The van der Waals surface area contributed by atoms with E-state index in [1.54, 1.807) is 24.2 Å². The molecule has 1 heterocycles. The maximum Gasteiger partial charge on any atom is 0.246 e. The summed E-state index contributed by atoms with van der Waals surface area (Å²) in [5, 5.41) is 12.1. The number of amides is 2. The Bertz CT molecular complexity index is 1060. The lowest BCUT2D eigenvalue weighted by molar-refractivity contribution is -0.126. The van der Waals surface area contributed by atoms with Gasteiger partial charge in [-0.2, -0.15) is 0 Å². The highest BCUT2D eigenvalue weighted by molar-refractivity contribution is 7.18. The highest BCUT2D eigenvalue weighted by Gasteiger charge is 2.14. The summed E-state index contributed by atoms with van der Waals surface area (Å²) in [5.74, 6) is 0.462. The van der Waals surface area contributed by atoms with Gasteiger partial charge in [-0.15, -0.1) is 10.2 Å². The average molecular weight is 465 g/mol. The summed E-state index contributed by atoms with van der Waals surface area (Å²) < 4.78 is 5.17. The molecule has 2 amide bonds. The van der Waals surface area contributed by atoms with Gasteiger partial charge in [0.05, 0.1) is 7.11 Å². The highest BCUT2D eigenvalue weighted by atomic mass is 32.1. The number of nitrogens with one attached hydrogen (secondary N) is 1. The van der Waals surface area contributed by atoms with E-state index in [0.717, 1.165) is 29.7 Å². The number of anilines is 1. The van der Waals surface area contributed by atoms with Crippen molar-refractivity contribution in [1.29, 1.82) is 0 Å². The van der Waals surface area contributed by atoms with Crippen LogP contribution in [0.1, 0.15) is 31.7 Å². The van der Waals surface area contributed by atoms with Crippen LogP contribution >= 0.6 is 11.3 Å². The van der Waals surface area contributed by atoms with Crippen LogP contribution in [0, 0.1) is 0 Å². The number of unbranched alkanes of at least 4 members (excludes halogenated alkanes) is 1. The first kappa shape index (κ1) is 24.1. The topological polar surface area (TPSA) is 84.4 Å². The van der Waals surface area contributed by atoms with Crippen molar-refractivity contribution in [3.05, 3.63) is 66.2 Å². The summed E-state index contributed by atoms with van der Waals surface area (Å²) in [6, 6.07) is 17.2. The lowest BCUT2D eigenvalue weighted by Crippen LogP contribution is -2.33. The molecule has 33 heavy (non-hydrogen) atoms. The number of rotatable bonds is 11. The summed E-state index contributed by atoms with van der Waals surface area (Å²) >= 11 is 1.30. The largest absolute Gasteiger partial charge is 0.497 e. The fourth-order valence-corrected chi connectivity index (χ4v) is 3.83. The molecule has 0 spiro atoms. The number of ether oxygens (including phenoxy) is 1. The number of aromatic nitrogens is 2. The minimum absolute atomic E-state index is 0.0992. The molecule has 8 heteroatoms. The Kier molecular flexibility index (Phi) is 9.14. The third-order valence-corrected chi connectivity index (χ3v) is 5.82. The van der Waals surface area contributed by atoms with E-state index in [9.17, 15) is 9.59 Å². The zero-order valence-corrected chi connectivity index (χ0v) is 19.7. The van der Waals surface area contributed by atoms with Crippen molar-refractivity contribution in [3.8, 4) is 16.3 Å². The molecule has 0 saturated heterocycles. The van der Waals surface area contributed by atoms with Crippen LogP contribution in [0.25, 0.3) is 16.6 Å².